The topological polar surface area (TPSA) is 68.3 Å². The molecule has 4 aromatic carbocycles. The molecular formula is C43H43BrClN5O3S2. The lowest BCUT2D eigenvalue weighted by Gasteiger charge is -2.17. The van der Waals surface area contributed by atoms with E-state index in [1.165, 1.54) is 26.8 Å². The third kappa shape index (κ3) is 8.18. The highest BCUT2D eigenvalue weighted by Crippen LogP contribution is 2.43. The number of thioether (sulfide) groups is 2. The molecule has 1 aliphatic heterocycles. The Bertz CT molecular complexity index is 2460. The molecule has 0 saturated carbocycles. The average molecular weight is 857 g/mol. The van der Waals surface area contributed by atoms with Crippen molar-refractivity contribution in [1.29, 1.82) is 0 Å². The number of hydrogen-bond acceptors (Lipinski definition) is 7. The zero-order valence-corrected chi connectivity index (χ0v) is 35.2. The predicted molar refractivity (Wildman–Crippen MR) is 230 cm³/mol. The van der Waals surface area contributed by atoms with Gasteiger partial charge in [-0.3, -0.25) is 9.36 Å². The van der Waals surface area contributed by atoms with E-state index in [2.05, 4.69) is 99.0 Å². The number of fused-ring (bicyclic) bond motifs is 3. The zero-order chi connectivity index (χ0) is 37.9. The van der Waals surface area contributed by atoms with E-state index in [4.69, 9.17) is 36.0 Å². The highest BCUT2D eigenvalue weighted by Gasteiger charge is 2.26. The van der Waals surface area contributed by atoms with Crippen molar-refractivity contribution in [2.45, 2.75) is 60.5 Å². The average Bonchev–Trinajstić information content (AvgIpc) is 3.87. The molecule has 0 N–H and O–H groups in total. The van der Waals surface area contributed by atoms with Crippen molar-refractivity contribution in [3.63, 3.8) is 0 Å². The van der Waals surface area contributed by atoms with Crippen molar-refractivity contribution in [1.82, 2.24) is 24.1 Å². The fraction of sp³-hybridized carbons (Fsp3) is 0.302. The van der Waals surface area contributed by atoms with E-state index in [0.29, 0.717) is 19.8 Å². The van der Waals surface area contributed by atoms with Crippen LogP contribution >= 0.6 is 51.1 Å². The van der Waals surface area contributed by atoms with Gasteiger partial charge in [0.1, 0.15) is 11.5 Å². The Balaban J connectivity index is 1.00. The summed E-state index contributed by atoms with van der Waals surface area (Å²) in [5.74, 6) is 4.21. The second-order valence-corrected chi connectivity index (χ2v) is 16.7. The van der Waals surface area contributed by atoms with Crippen LogP contribution in [0.3, 0.4) is 0 Å². The third-order valence-electron chi connectivity index (χ3n) is 10.1. The number of alkyl halides is 1. The van der Waals surface area contributed by atoms with Gasteiger partial charge in [-0.2, -0.15) is 10.2 Å². The van der Waals surface area contributed by atoms with Crippen molar-refractivity contribution < 1.29 is 14.2 Å². The second kappa shape index (κ2) is 17.1. The summed E-state index contributed by atoms with van der Waals surface area (Å²) in [7, 11) is 3.68. The molecule has 8 nitrogen and oxygen atoms in total. The van der Waals surface area contributed by atoms with Gasteiger partial charge in [0.25, 0.3) is 0 Å². The molecule has 7 aromatic rings. The Kier molecular flexibility index (Phi) is 11.8. The third-order valence-corrected chi connectivity index (χ3v) is 13.0. The number of ether oxygens (including phenoxy) is 3. The van der Waals surface area contributed by atoms with Crippen LogP contribution in [-0.2, 0) is 54.1 Å². The Hall–Kier alpha value is -3.87. The van der Waals surface area contributed by atoms with Crippen LogP contribution in [0.2, 0.25) is 5.02 Å². The van der Waals surface area contributed by atoms with E-state index in [1.807, 2.05) is 53.5 Å². The molecule has 0 saturated heterocycles. The largest absolute Gasteiger partial charge is 0.497 e. The predicted octanol–water partition coefficient (Wildman–Crippen LogP) is 11.0. The van der Waals surface area contributed by atoms with Gasteiger partial charge in [-0.05, 0) is 72.3 Å². The minimum absolute atomic E-state index is 0.515. The summed E-state index contributed by atoms with van der Waals surface area (Å²) < 4.78 is 24.3. The molecule has 0 unspecified atom stereocenters. The van der Waals surface area contributed by atoms with Gasteiger partial charge < -0.3 is 18.8 Å². The molecule has 0 fully saturated rings. The molecule has 3 aromatic heterocycles. The summed E-state index contributed by atoms with van der Waals surface area (Å²) in [5.41, 5.74) is 10.1. The van der Waals surface area contributed by atoms with Crippen LogP contribution < -0.4 is 9.47 Å². The number of aryl methyl sites for hydroxylation is 3. The summed E-state index contributed by atoms with van der Waals surface area (Å²) >= 11 is 14.3. The normalized spacial score (nSPS) is 12.8. The van der Waals surface area contributed by atoms with Crippen molar-refractivity contribution in [3.8, 4) is 22.6 Å². The standard InChI is InChI=1S/C43H43BrClN5O3S2/c1-28-23-49(15-6-17-53-40-21-34(19-30-7-4-5-8-35(30)40)55-25-29-9-11-33(51-3)12-10-29)38-14-13-36(45)42(41(28)38)43-37(47-50-16-18-52-24-39(43)50)27-54-26-31-20-32(22-44)48(2)46-31/h4-5,7-14,19-21,23H,6,15-18,22,24-27H2,1-3H3. The Morgan fingerprint density at radius 1 is 0.964 bits per heavy atom. The first kappa shape index (κ1) is 38.0. The van der Waals surface area contributed by atoms with Crippen molar-refractivity contribution in [2.24, 2.45) is 7.05 Å². The molecule has 12 heteroatoms. The van der Waals surface area contributed by atoms with Crippen LogP contribution in [0, 0.1) is 6.92 Å². The number of methoxy groups -OCH3 is 1. The first-order valence-electron chi connectivity index (χ1n) is 18.4. The van der Waals surface area contributed by atoms with Crippen molar-refractivity contribution in [3.05, 3.63) is 124 Å². The SMILES string of the molecule is COc1ccc(CSc2cc(OCCCn3cc(C)c4c(-c5c(CSCc6cc(CBr)n(C)n6)nn6c5COCC6)c(Cl)ccc43)c3ccccc3c2)cc1. The summed E-state index contributed by atoms with van der Waals surface area (Å²) in [4.78, 5) is 1.19. The summed E-state index contributed by atoms with van der Waals surface area (Å²) in [6, 6.07) is 27.5. The smallest absolute Gasteiger partial charge is 0.128 e. The van der Waals surface area contributed by atoms with E-state index < -0.39 is 0 Å². The number of hydrogen-bond donors (Lipinski definition) is 0. The van der Waals surface area contributed by atoms with Gasteiger partial charge in [-0.25, -0.2) is 0 Å². The molecule has 4 heterocycles. The lowest BCUT2D eigenvalue weighted by Crippen LogP contribution is -2.17. The molecular weight excluding hydrogens is 814 g/mol. The number of benzene rings is 4. The highest BCUT2D eigenvalue weighted by molar-refractivity contribution is 9.08. The van der Waals surface area contributed by atoms with E-state index >= 15 is 0 Å². The number of nitrogens with zero attached hydrogens (tertiary/aromatic N) is 5. The maximum absolute atomic E-state index is 7.14. The molecule has 284 valence electrons. The van der Waals surface area contributed by atoms with Crippen LogP contribution in [0.5, 0.6) is 11.5 Å². The summed E-state index contributed by atoms with van der Waals surface area (Å²) in [6.07, 6.45) is 3.10. The molecule has 0 amide bonds. The first-order chi connectivity index (χ1) is 26.9. The number of aromatic nitrogens is 5. The second-order valence-electron chi connectivity index (χ2n) is 13.7. The van der Waals surface area contributed by atoms with Crippen LogP contribution in [0.1, 0.15) is 40.3 Å². The minimum atomic E-state index is 0.515. The van der Waals surface area contributed by atoms with E-state index in [9.17, 15) is 0 Å². The number of halogens is 2. The molecule has 1 aliphatic rings. The van der Waals surface area contributed by atoms with Crippen LogP contribution in [0.4, 0.5) is 0 Å². The van der Waals surface area contributed by atoms with Gasteiger partial charge in [0.15, 0.2) is 0 Å². The molecule has 0 radical (unpaired) electrons. The Labute approximate surface area is 343 Å². The van der Waals surface area contributed by atoms with Crippen LogP contribution in [0.15, 0.2) is 90.0 Å². The van der Waals surface area contributed by atoms with Gasteiger partial charge in [-0.1, -0.05) is 63.9 Å². The molecule has 0 aliphatic carbocycles. The summed E-state index contributed by atoms with van der Waals surface area (Å²) in [6.45, 7) is 5.49. The molecule has 0 spiro atoms. The fourth-order valence-corrected chi connectivity index (χ4v) is 9.92. The van der Waals surface area contributed by atoms with Crippen molar-refractivity contribution >= 4 is 72.7 Å². The Morgan fingerprint density at radius 3 is 2.64 bits per heavy atom. The fourth-order valence-electron chi connectivity index (χ4n) is 7.37. The molecule has 0 atom stereocenters. The van der Waals surface area contributed by atoms with Gasteiger partial charge in [0, 0.05) is 85.4 Å². The highest BCUT2D eigenvalue weighted by atomic mass is 79.9. The van der Waals surface area contributed by atoms with Crippen molar-refractivity contribution in [2.75, 3.05) is 20.3 Å². The van der Waals surface area contributed by atoms with Crippen LogP contribution in [-0.4, -0.2) is 44.5 Å². The lowest BCUT2D eigenvalue weighted by atomic mass is 9.97. The number of rotatable bonds is 15. The molecule has 0 bridgehead atoms. The first-order valence-corrected chi connectivity index (χ1v) is 22.1. The Morgan fingerprint density at radius 2 is 1.82 bits per heavy atom. The van der Waals surface area contributed by atoms with E-state index in [-0.39, 0.29) is 0 Å². The van der Waals surface area contributed by atoms with E-state index in [0.717, 1.165) is 103 Å². The maximum atomic E-state index is 7.14. The summed E-state index contributed by atoms with van der Waals surface area (Å²) in [5, 5.41) is 14.8. The minimum Gasteiger partial charge on any atom is -0.497 e. The maximum Gasteiger partial charge on any atom is 0.128 e. The molecule has 55 heavy (non-hydrogen) atoms. The zero-order valence-electron chi connectivity index (χ0n) is 31.2. The van der Waals surface area contributed by atoms with Gasteiger partial charge >= 0.3 is 0 Å². The lowest BCUT2D eigenvalue weighted by molar-refractivity contribution is 0.0804. The molecule has 8 rings (SSSR count). The van der Waals surface area contributed by atoms with E-state index in [1.54, 1.807) is 7.11 Å². The van der Waals surface area contributed by atoms with Crippen LogP contribution in [0.25, 0.3) is 32.8 Å². The van der Waals surface area contributed by atoms with Gasteiger partial charge in [0.2, 0.25) is 0 Å². The van der Waals surface area contributed by atoms with Gasteiger partial charge in [0.05, 0.1) is 50.6 Å². The quantitative estimate of drug-likeness (QED) is 0.0578. The van der Waals surface area contributed by atoms with Gasteiger partial charge in [-0.15, -0.1) is 23.5 Å². The monoisotopic (exact) mass is 855 g/mol.